The van der Waals surface area contributed by atoms with Crippen LogP contribution in [0.5, 0.6) is 0 Å². The maximum absolute atomic E-state index is 14.1. The summed E-state index contributed by atoms with van der Waals surface area (Å²) < 4.78 is 29.9. The van der Waals surface area contributed by atoms with E-state index >= 15 is 0 Å². The van der Waals surface area contributed by atoms with Gasteiger partial charge in [-0.2, -0.15) is 10.2 Å². The molecule has 9 nitrogen and oxygen atoms in total. The fourth-order valence-electron chi connectivity index (χ4n) is 2.78. The largest absolute Gasteiger partial charge is 0.481 e. The molecule has 0 saturated carbocycles. The molecule has 3 rings (SSSR count). The first-order valence-corrected chi connectivity index (χ1v) is 9.38. The first-order valence-electron chi connectivity index (χ1n) is 9.38. The van der Waals surface area contributed by atoms with Crippen molar-refractivity contribution in [2.75, 3.05) is 0 Å². The van der Waals surface area contributed by atoms with Crippen molar-refractivity contribution in [3.63, 3.8) is 0 Å². The number of carboxylic acid groups (broad SMARTS) is 1. The third kappa shape index (κ3) is 6.99. The van der Waals surface area contributed by atoms with Crippen LogP contribution in [0.1, 0.15) is 38.2 Å². The van der Waals surface area contributed by atoms with E-state index in [9.17, 15) is 18.7 Å². The number of carboxylic acids is 1. The number of aliphatic carboxylic acids is 1. The van der Waals surface area contributed by atoms with E-state index in [1.807, 2.05) is 0 Å². The van der Waals surface area contributed by atoms with Crippen LogP contribution < -0.4 is 0 Å². The van der Waals surface area contributed by atoms with E-state index in [0.717, 1.165) is 31.4 Å². The summed E-state index contributed by atoms with van der Waals surface area (Å²) in [5.41, 5.74) is -1.75. The van der Waals surface area contributed by atoms with E-state index in [4.69, 9.17) is 5.11 Å². The summed E-state index contributed by atoms with van der Waals surface area (Å²) in [5.74, 6) is -2.24. The van der Waals surface area contributed by atoms with Crippen LogP contribution in [0.3, 0.4) is 0 Å². The van der Waals surface area contributed by atoms with Gasteiger partial charge in [0.25, 0.3) is 0 Å². The molecule has 162 valence electrons. The Kier molecular flexibility index (Phi) is 8.54. The Bertz CT molecular complexity index is 867. The van der Waals surface area contributed by atoms with Crippen LogP contribution >= 0.6 is 0 Å². The lowest BCUT2D eigenvalue weighted by Crippen LogP contribution is -2.37. The van der Waals surface area contributed by atoms with Gasteiger partial charge in [-0.15, -0.1) is 0 Å². The highest BCUT2D eigenvalue weighted by atomic mass is 19.1. The van der Waals surface area contributed by atoms with Crippen LogP contribution in [-0.4, -0.2) is 45.7 Å². The smallest absolute Gasteiger partial charge is 0.303 e. The van der Waals surface area contributed by atoms with E-state index in [0.29, 0.717) is 6.42 Å². The minimum absolute atomic E-state index is 0.0556. The summed E-state index contributed by atoms with van der Waals surface area (Å²) in [5, 5.41) is 26.9. The molecule has 0 radical (unpaired) electrons. The molecule has 1 aromatic carbocycles. The minimum atomic E-state index is -1.70. The molecule has 0 spiro atoms. The number of rotatable bonds is 9. The molecule has 0 bridgehead atoms. The average molecular weight is 422 g/mol. The van der Waals surface area contributed by atoms with Gasteiger partial charge >= 0.3 is 5.97 Å². The molecule has 0 fully saturated rings. The molecule has 0 atom stereocenters. The predicted molar refractivity (Wildman–Crippen MR) is 102 cm³/mol. The molecule has 0 aliphatic heterocycles. The molecule has 30 heavy (non-hydrogen) atoms. The number of benzene rings is 1. The van der Waals surface area contributed by atoms with Crippen molar-refractivity contribution in [1.82, 2.24) is 29.5 Å². The van der Waals surface area contributed by atoms with Crippen molar-refractivity contribution in [2.45, 2.75) is 51.3 Å². The zero-order valence-electron chi connectivity index (χ0n) is 16.5. The highest BCUT2D eigenvalue weighted by Gasteiger charge is 2.34. The van der Waals surface area contributed by atoms with Gasteiger partial charge in [0.2, 0.25) is 0 Å². The molecule has 2 N–H and O–H groups in total. The summed E-state index contributed by atoms with van der Waals surface area (Å²) in [6, 6.07) is 3.02. The zero-order valence-corrected chi connectivity index (χ0v) is 16.5. The lowest BCUT2D eigenvalue weighted by molar-refractivity contribution is -0.137. The number of aromatic nitrogens is 6. The van der Waals surface area contributed by atoms with E-state index < -0.39 is 23.2 Å². The van der Waals surface area contributed by atoms with Gasteiger partial charge in [0.15, 0.2) is 0 Å². The normalized spacial score (nSPS) is 11.1. The Balaban J connectivity index is 0.000000343. The Morgan fingerprint density at radius 3 is 2.10 bits per heavy atom. The van der Waals surface area contributed by atoms with Gasteiger partial charge in [0.05, 0.1) is 13.1 Å². The number of unbranched alkanes of at least 4 members (excludes halogenated alkanes) is 2. The van der Waals surface area contributed by atoms with Crippen LogP contribution in [0, 0.1) is 11.6 Å². The highest BCUT2D eigenvalue weighted by molar-refractivity contribution is 5.66. The first kappa shape index (κ1) is 23.1. The van der Waals surface area contributed by atoms with Gasteiger partial charge < -0.3 is 10.2 Å². The Labute approximate surface area is 172 Å². The van der Waals surface area contributed by atoms with Gasteiger partial charge in [0, 0.05) is 18.1 Å². The van der Waals surface area contributed by atoms with Crippen LogP contribution in [0.2, 0.25) is 0 Å². The maximum atomic E-state index is 14.1. The van der Waals surface area contributed by atoms with Crippen molar-refractivity contribution < 1.29 is 23.8 Å². The summed E-state index contributed by atoms with van der Waals surface area (Å²) in [4.78, 5) is 17.4. The minimum Gasteiger partial charge on any atom is -0.481 e. The van der Waals surface area contributed by atoms with Gasteiger partial charge in [-0.3, -0.25) is 4.79 Å². The number of hydrogen-bond acceptors (Lipinski definition) is 6. The zero-order chi connectivity index (χ0) is 22.0. The Hall–Kier alpha value is -3.21. The molecule has 2 aromatic heterocycles. The molecule has 0 amide bonds. The first-order chi connectivity index (χ1) is 14.3. The molecule has 3 aromatic rings. The molecular formula is C19H24F2N6O3. The molecule has 0 aliphatic carbocycles. The highest BCUT2D eigenvalue weighted by Crippen LogP contribution is 2.28. The molecule has 11 heteroatoms. The van der Waals surface area contributed by atoms with E-state index in [1.165, 1.54) is 40.7 Å². The monoisotopic (exact) mass is 422 g/mol. The second-order valence-electron chi connectivity index (χ2n) is 6.69. The van der Waals surface area contributed by atoms with Crippen molar-refractivity contribution in [3.05, 3.63) is 60.7 Å². The lowest BCUT2D eigenvalue weighted by atomic mass is 9.93. The summed E-state index contributed by atoms with van der Waals surface area (Å²) in [6.07, 6.45) is 8.68. The van der Waals surface area contributed by atoms with Crippen molar-refractivity contribution in [1.29, 1.82) is 0 Å². The quantitative estimate of drug-likeness (QED) is 0.508. The Morgan fingerprint density at radius 1 is 1.07 bits per heavy atom. The van der Waals surface area contributed by atoms with E-state index in [2.05, 4.69) is 27.1 Å². The third-order valence-corrected chi connectivity index (χ3v) is 4.21. The van der Waals surface area contributed by atoms with Crippen LogP contribution in [0.15, 0.2) is 43.5 Å². The standard InChI is InChI=1S/C13H12F2N6O.C6H12O2/c14-10-1-2-11(12(15)3-10)13(22,4-20-8-16-6-18-20)5-21-9-17-7-19-21;1-2-3-4-5-6(7)8/h1-3,6-9,22H,4-5H2;2-5H2,1H3,(H,7,8). The van der Waals surface area contributed by atoms with Crippen LogP contribution in [0.4, 0.5) is 8.78 Å². The van der Waals surface area contributed by atoms with E-state index in [-0.39, 0.29) is 18.7 Å². The van der Waals surface area contributed by atoms with Gasteiger partial charge in [-0.1, -0.05) is 25.8 Å². The number of halogens is 2. The second kappa shape index (κ2) is 11.1. The molecular weight excluding hydrogens is 398 g/mol. The van der Waals surface area contributed by atoms with Crippen LogP contribution in [-0.2, 0) is 23.5 Å². The summed E-state index contributed by atoms with van der Waals surface area (Å²) >= 11 is 0. The van der Waals surface area contributed by atoms with Crippen molar-refractivity contribution in [2.24, 2.45) is 0 Å². The van der Waals surface area contributed by atoms with Gasteiger partial charge in [-0.05, 0) is 12.5 Å². The Morgan fingerprint density at radius 2 is 1.67 bits per heavy atom. The number of aliphatic hydroxyl groups is 1. The summed E-state index contributed by atoms with van der Waals surface area (Å²) in [6.45, 7) is 1.91. The molecule has 2 heterocycles. The van der Waals surface area contributed by atoms with Crippen molar-refractivity contribution >= 4 is 5.97 Å². The third-order valence-electron chi connectivity index (χ3n) is 4.21. The molecule has 0 unspecified atom stereocenters. The summed E-state index contributed by atoms with van der Waals surface area (Å²) in [7, 11) is 0. The SMILES string of the molecule is CCCCCC(=O)O.OC(Cn1cncn1)(Cn1cncn1)c1ccc(F)cc1F. The number of hydrogen-bond donors (Lipinski definition) is 2. The average Bonchev–Trinajstić information content (AvgIpc) is 3.36. The number of carbonyl (C=O) groups is 1. The fraction of sp³-hybridized carbons (Fsp3) is 0.421. The second-order valence-corrected chi connectivity index (χ2v) is 6.69. The predicted octanol–water partition coefficient (Wildman–Crippen LogP) is 2.39. The van der Waals surface area contributed by atoms with Gasteiger partial charge in [-0.25, -0.2) is 28.1 Å². The molecule has 0 aliphatic rings. The van der Waals surface area contributed by atoms with Crippen LogP contribution in [0.25, 0.3) is 0 Å². The fourth-order valence-corrected chi connectivity index (χ4v) is 2.78. The maximum Gasteiger partial charge on any atom is 0.303 e. The molecule has 0 saturated heterocycles. The van der Waals surface area contributed by atoms with Gasteiger partial charge in [0.1, 0.15) is 42.5 Å². The number of nitrogens with zero attached hydrogens (tertiary/aromatic N) is 6. The lowest BCUT2D eigenvalue weighted by Gasteiger charge is -2.28. The topological polar surface area (TPSA) is 119 Å². The van der Waals surface area contributed by atoms with E-state index in [1.54, 1.807) is 0 Å². The van der Waals surface area contributed by atoms with Crippen molar-refractivity contribution in [3.8, 4) is 0 Å².